The molecule has 1 N–H and O–H groups in total. The fourth-order valence-electron chi connectivity index (χ4n) is 3.91. The number of Topliss-reactive ketones (excluding diaryl/α,β-unsaturated/α-hetero) is 1. The number of carbonyl (C=O) groups excluding carboxylic acids is 2. The van der Waals surface area contributed by atoms with E-state index in [1.165, 1.54) is 11.1 Å². The van der Waals surface area contributed by atoms with Crippen molar-refractivity contribution in [3.63, 3.8) is 0 Å². The molecule has 0 fully saturated rings. The summed E-state index contributed by atoms with van der Waals surface area (Å²) in [5, 5.41) is 0. The van der Waals surface area contributed by atoms with Gasteiger partial charge in [0.1, 0.15) is 5.69 Å². The maximum absolute atomic E-state index is 12.9. The first-order chi connectivity index (χ1) is 12.1. The van der Waals surface area contributed by atoms with Gasteiger partial charge in [0, 0.05) is 30.8 Å². The van der Waals surface area contributed by atoms with Crippen LogP contribution in [0.15, 0.2) is 36.4 Å². The van der Waals surface area contributed by atoms with Crippen molar-refractivity contribution in [2.24, 2.45) is 0 Å². The lowest BCUT2D eigenvalue weighted by Gasteiger charge is -2.26. The highest BCUT2D eigenvalue weighted by Crippen LogP contribution is 2.28. The molecule has 0 saturated carbocycles. The standard InChI is InChI=1S/C21H22N2O2/c1-14-19-17(8-5-9-18(19)24)22-20(14)21(25)23-12-10-16(11-13-23)15-6-3-2-4-7-15/h2-4,6-7,10,22H,5,8-9,11-13H2,1H3. The van der Waals surface area contributed by atoms with E-state index in [0.29, 0.717) is 25.2 Å². The Labute approximate surface area is 147 Å². The topological polar surface area (TPSA) is 53.2 Å². The molecule has 1 aromatic carbocycles. The van der Waals surface area contributed by atoms with E-state index in [-0.39, 0.29) is 11.7 Å². The molecule has 0 bridgehead atoms. The molecular weight excluding hydrogens is 312 g/mol. The molecule has 0 saturated heterocycles. The normalized spacial score (nSPS) is 17.2. The van der Waals surface area contributed by atoms with Gasteiger partial charge < -0.3 is 9.88 Å². The first-order valence-electron chi connectivity index (χ1n) is 8.93. The molecule has 2 heterocycles. The van der Waals surface area contributed by atoms with Crippen LogP contribution in [-0.4, -0.2) is 34.7 Å². The van der Waals surface area contributed by atoms with Crippen LogP contribution in [0.1, 0.15) is 56.9 Å². The number of aromatic amines is 1. The molecule has 0 radical (unpaired) electrons. The van der Waals surface area contributed by atoms with E-state index in [0.717, 1.165) is 36.1 Å². The number of ketones is 1. The number of H-pyrrole nitrogens is 1. The zero-order valence-corrected chi connectivity index (χ0v) is 14.5. The van der Waals surface area contributed by atoms with Crippen molar-refractivity contribution in [3.05, 3.63) is 64.5 Å². The minimum Gasteiger partial charge on any atom is -0.354 e. The third-order valence-electron chi connectivity index (χ3n) is 5.29. The van der Waals surface area contributed by atoms with Gasteiger partial charge in [0.05, 0.1) is 0 Å². The fourth-order valence-corrected chi connectivity index (χ4v) is 3.91. The number of carbonyl (C=O) groups is 2. The van der Waals surface area contributed by atoms with E-state index in [1.807, 2.05) is 30.0 Å². The smallest absolute Gasteiger partial charge is 0.270 e. The van der Waals surface area contributed by atoms with E-state index in [9.17, 15) is 9.59 Å². The number of fused-ring (bicyclic) bond motifs is 1. The summed E-state index contributed by atoms with van der Waals surface area (Å²) in [6.45, 7) is 3.21. The van der Waals surface area contributed by atoms with Gasteiger partial charge in [-0.3, -0.25) is 9.59 Å². The van der Waals surface area contributed by atoms with Crippen LogP contribution in [0.3, 0.4) is 0 Å². The first-order valence-corrected chi connectivity index (χ1v) is 8.93. The second kappa shape index (κ2) is 6.36. The van der Waals surface area contributed by atoms with Crippen molar-refractivity contribution >= 4 is 17.3 Å². The highest BCUT2D eigenvalue weighted by atomic mass is 16.2. The van der Waals surface area contributed by atoms with Gasteiger partial charge in [0.25, 0.3) is 5.91 Å². The van der Waals surface area contributed by atoms with E-state index in [4.69, 9.17) is 0 Å². The summed E-state index contributed by atoms with van der Waals surface area (Å²) in [4.78, 5) is 30.2. The highest BCUT2D eigenvalue weighted by Gasteiger charge is 2.29. The average molecular weight is 334 g/mol. The molecule has 4 nitrogen and oxygen atoms in total. The third kappa shape index (κ3) is 2.82. The van der Waals surface area contributed by atoms with Crippen LogP contribution < -0.4 is 0 Å². The first kappa shape index (κ1) is 15.9. The van der Waals surface area contributed by atoms with Crippen LogP contribution in [0.5, 0.6) is 0 Å². The van der Waals surface area contributed by atoms with Crippen LogP contribution in [-0.2, 0) is 6.42 Å². The van der Waals surface area contributed by atoms with E-state index >= 15 is 0 Å². The van der Waals surface area contributed by atoms with Gasteiger partial charge in [0.2, 0.25) is 0 Å². The van der Waals surface area contributed by atoms with Crippen molar-refractivity contribution in [1.29, 1.82) is 0 Å². The second-order valence-corrected chi connectivity index (χ2v) is 6.85. The molecule has 4 heteroatoms. The van der Waals surface area contributed by atoms with Crippen LogP contribution >= 0.6 is 0 Å². The molecule has 1 aromatic heterocycles. The van der Waals surface area contributed by atoms with Crippen molar-refractivity contribution in [3.8, 4) is 0 Å². The predicted octanol–water partition coefficient (Wildman–Crippen LogP) is 3.77. The number of aryl methyl sites for hydroxylation is 1. The van der Waals surface area contributed by atoms with E-state index < -0.39 is 0 Å². The Hall–Kier alpha value is -2.62. The maximum atomic E-state index is 12.9. The summed E-state index contributed by atoms with van der Waals surface area (Å²) in [5.74, 6) is 0.169. The monoisotopic (exact) mass is 334 g/mol. The molecule has 4 rings (SSSR count). The molecule has 1 aliphatic carbocycles. The molecule has 128 valence electrons. The van der Waals surface area contributed by atoms with Crippen molar-refractivity contribution in [2.45, 2.75) is 32.6 Å². The minimum absolute atomic E-state index is 0.00283. The Morgan fingerprint density at radius 1 is 1.12 bits per heavy atom. The Kier molecular flexibility index (Phi) is 4.04. The number of hydrogen-bond donors (Lipinski definition) is 1. The predicted molar refractivity (Wildman–Crippen MR) is 97.7 cm³/mol. The maximum Gasteiger partial charge on any atom is 0.270 e. The number of nitrogens with zero attached hydrogens (tertiary/aromatic N) is 1. The lowest BCUT2D eigenvalue weighted by Crippen LogP contribution is -2.35. The van der Waals surface area contributed by atoms with Gasteiger partial charge in [0.15, 0.2) is 5.78 Å². The molecule has 25 heavy (non-hydrogen) atoms. The van der Waals surface area contributed by atoms with Crippen LogP contribution in [0.25, 0.3) is 5.57 Å². The SMILES string of the molecule is Cc1c(C(=O)N2CC=C(c3ccccc3)CC2)[nH]c2c1C(=O)CCC2. The number of rotatable bonds is 2. The van der Waals surface area contributed by atoms with Crippen LogP contribution in [0.2, 0.25) is 0 Å². The molecule has 0 atom stereocenters. The Balaban J connectivity index is 1.55. The second-order valence-electron chi connectivity index (χ2n) is 6.85. The van der Waals surface area contributed by atoms with Crippen molar-refractivity contribution < 1.29 is 9.59 Å². The van der Waals surface area contributed by atoms with E-state index in [2.05, 4.69) is 23.2 Å². The number of hydrogen-bond acceptors (Lipinski definition) is 2. The zero-order valence-electron chi connectivity index (χ0n) is 14.5. The lowest BCUT2D eigenvalue weighted by molar-refractivity contribution is 0.0766. The molecule has 0 spiro atoms. The largest absolute Gasteiger partial charge is 0.354 e. The van der Waals surface area contributed by atoms with Gasteiger partial charge in [-0.05, 0) is 42.9 Å². The molecule has 0 unspecified atom stereocenters. The summed E-state index contributed by atoms with van der Waals surface area (Å²) in [7, 11) is 0. The van der Waals surface area contributed by atoms with Gasteiger partial charge in [-0.15, -0.1) is 0 Å². The Bertz CT molecular complexity index is 862. The van der Waals surface area contributed by atoms with Gasteiger partial charge in [-0.2, -0.15) is 0 Å². The molecule has 2 aliphatic rings. The number of benzene rings is 1. The Morgan fingerprint density at radius 2 is 1.92 bits per heavy atom. The highest BCUT2D eigenvalue weighted by molar-refractivity contribution is 6.04. The summed E-state index contributed by atoms with van der Waals surface area (Å²) < 4.78 is 0. The lowest BCUT2D eigenvalue weighted by atomic mass is 9.93. The molecule has 1 aliphatic heterocycles. The van der Waals surface area contributed by atoms with Crippen LogP contribution in [0.4, 0.5) is 0 Å². The van der Waals surface area contributed by atoms with Crippen molar-refractivity contribution in [1.82, 2.24) is 9.88 Å². The van der Waals surface area contributed by atoms with E-state index in [1.54, 1.807) is 0 Å². The van der Waals surface area contributed by atoms with Gasteiger partial charge in [-0.1, -0.05) is 36.4 Å². The zero-order chi connectivity index (χ0) is 17.4. The number of aromatic nitrogens is 1. The summed E-state index contributed by atoms with van der Waals surface area (Å²) in [6.07, 6.45) is 5.31. The quantitative estimate of drug-likeness (QED) is 0.909. The summed E-state index contributed by atoms with van der Waals surface area (Å²) >= 11 is 0. The molecular formula is C21H22N2O2. The van der Waals surface area contributed by atoms with Gasteiger partial charge in [-0.25, -0.2) is 0 Å². The third-order valence-corrected chi connectivity index (χ3v) is 5.29. The van der Waals surface area contributed by atoms with Crippen molar-refractivity contribution in [2.75, 3.05) is 13.1 Å². The minimum atomic E-state index is 0.00283. The molecule has 2 aromatic rings. The summed E-state index contributed by atoms with van der Waals surface area (Å²) in [6, 6.07) is 10.3. The summed E-state index contributed by atoms with van der Waals surface area (Å²) in [5.41, 5.74) is 5.63. The van der Waals surface area contributed by atoms with Crippen LogP contribution in [0, 0.1) is 6.92 Å². The number of nitrogens with one attached hydrogen (secondary N) is 1. The van der Waals surface area contributed by atoms with Gasteiger partial charge >= 0.3 is 0 Å². The molecule has 1 amide bonds. The Morgan fingerprint density at radius 3 is 2.60 bits per heavy atom. The average Bonchev–Trinajstić information content (AvgIpc) is 3.00. The fraction of sp³-hybridized carbons (Fsp3) is 0.333. The number of amides is 1.